The van der Waals surface area contributed by atoms with Gasteiger partial charge in [-0.3, -0.25) is 0 Å². The molecule has 0 atom stereocenters. The second kappa shape index (κ2) is 6.83. The number of halogens is 1. The molecule has 0 unspecified atom stereocenters. The number of aromatic amines is 1. The van der Waals surface area contributed by atoms with Gasteiger partial charge in [0.05, 0.1) is 23.5 Å². The van der Waals surface area contributed by atoms with Crippen LogP contribution in [0.1, 0.15) is 0 Å². The number of benzene rings is 2. The van der Waals surface area contributed by atoms with Gasteiger partial charge in [0.15, 0.2) is 0 Å². The van der Waals surface area contributed by atoms with Crippen LogP contribution in [0.2, 0.25) is 0 Å². The van der Waals surface area contributed by atoms with Crippen LogP contribution < -0.4 is 4.90 Å². The largest absolute Gasteiger partial charge is 0.378 e. The molecule has 0 spiro atoms. The second-order valence-electron chi connectivity index (χ2n) is 5.92. The number of rotatable bonds is 3. The maximum atomic E-state index is 5.43. The van der Waals surface area contributed by atoms with Crippen molar-refractivity contribution in [1.29, 1.82) is 0 Å². The Labute approximate surface area is 150 Å². The Balaban J connectivity index is 1.67. The Morgan fingerprint density at radius 3 is 2.29 bits per heavy atom. The van der Waals surface area contributed by atoms with E-state index in [1.165, 1.54) is 22.4 Å². The first-order chi connectivity index (χ1) is 11.8. The molecule has 0 radical (unpaired) electrons. The van der Waals surface area contributed by atoms with E-state index in [2.05, 4.69) is 80.4 Å². The molecule has 2 heterocycles. The summed E-state index contributed by atoms with van der Waals surface area (Å²) in [6.45, 7) is 3.55. The molecule has 1 N–H and O–H groups in total. The maximum Gasteiger partial charge on any atom is 0.0831 e. The summed E-state index contributed by atoms with van der Waals surface area (Å²) < 4.78 is 6.42. The molecule has 1 aromatic heterocycles. The minimum Gasteiger partial charge on any atom is -0.378 e. The first kappa shape index (κ1) is 15.5. The fourth-order valence-corrected chi connectivity index (χ4v) is 3.58. The van der Waals surface area contributed by atoms with Crippen LogP contribution in [0.3, 0.4) is 0 Å². The van der Waals surface area contributed by atoms with Gasteiger partial charge in [-0.1, -0.05) is 42.5 Å². The van der Waals surface area contributed by atoms with Gasteiger partial charge < -0.3 is 14.6 Å². The van der Waals surface area contributed by atoms with Gasteiger partial charge in [0, 0.05) is 24.3 Å². The number of morpholine rings is 1. The van der Waals surface area contributed by atoms with E-state index in [-0.39, 0.29) is 0 Å². The normalized spacial score (nSPS) is 14.8. The van der Waals surface area contributed by atoms with Gasteiger partial charge in [0.25, 0.3) is 0 Å². The lowest BCUT2D eigenvalue weighted by Gasteiger charge is -2.28. The van der Waals surface area contributed by atoms with Crippen molar-refractivity contribution in [3.05, 3.63) is 65.3 Å². The number of nitrogens with zero attached hydrogens (tertiary/aromatic N) is 1. The maximum absolute atomic E-state index is 5.43. The highest BCUT2D eigenvalue weighted by Crippen LogP contribution is 2.35. The monoisotopic (exact) mass is 382 g/mol. The van der Waals surface area contributed by atoms with Gasteiger partial charge in [-0.15, -0.1) is 0 Å². The van der Waals surface area contributed by atoms with Crippen molar-refractivity contribution >= 4 is 21.6 Å². The van der Waals surface area contributed by atoms with Crippen LogP contribution >= 0.6 is 15.9 Å². The first-order valence-corrected chi connectivity index (χ1v) is 8.97. The van der Waals surface area contributed by atoms with Crippen molar-refractivity contribution < 1.29 is 4.74 Å². The smallest absolute Gasteiger partial charge is 0.0831 e. The molecule has 1 saturated heterocycles. The quantitative estimate of drug-likeness (QED) is 0.693. The standard InChI is InChI=1S/C20H19BrN2O/c21-19-14-18(20(22-19)16-4-2-1-3-5-16)15-6-8-17(9-7-15)23-10-12-24-13-11-23/h1-9,14,22H,10-13H2. The van der Waals surface area contributed by atoms with Gasteiger partial charge in [-0.05, 0) is 45.3 Å². The summed E-state index contributed by atoms with van der Waals surface area (Å²) in [5.41, 5.74) is 6.02. The average molecular weight is 383 g/mol. The van der Waals surface area contributed by atoms with Crippen LogP contribution in [-0.4, -0.2) is 31.3 Å². The van der Waals surface area contributed by atoms with Gasteiger partial charge in [0.1, 0.15) is 0 Å². The lowest BCUT2D eigenvalue weighted by molar-refractivity contribution is 0.122. The van der Waals surface area contributed by atoms with Gasteiger partial charge in [-0.25, -0.2) is 0 Å². The lowest BCUT2D eigenvalue weighted by atomic mass is 10.0. The van der Waals surface area contributed by atoms with Gasteiger partial charge in [0.2, 0.25) is 0 Å². The summed E-state index contributed by atoms with van der Waals surface area (Å²) in [6.07, 6.45) is 0. The van der Waals surface area contributed by atoms with E-state index in [1.807, 2.05) is 6.07 Å². The first-order valence-electron chi connectivity index (χ1n) is 8.18. The predicted molar refractivity (Wildman–Crippen MR) is 102 cm³/mol. The highest BCUT2D eigenvalue weighted by molar-refractivity contribution is 9.10. The highest BCUT2D eigenvalue weighted by Gasteiger charge is 2.13. The van der Waals surface area contributed by atoms with Crippen molar-refractivity contribution in [1.82, 2.24) is 4.98 Å². The van der Waals surface area contributed by atoms with Crippen molar-refractivity contribution in [2.75, 3.05) is 31.2 Å². The zero-order valence-corrected chi connectivity index (χ0v) is 14.9. The third kappa shape index (κ3) is 3.12. The minimum absolute atomic E-state index is 0.810. The third-order valence-electron chi connectivity index (χ3n) is 4.40. The SMILES string of the molecule is Brc1cc(-c2ccc(N3CCOCC3)cc2)c(-c2ccccc2)[nH]1. The molecule has 2 aromatic carbocycles. The van der Waals surface area contributed by atoms with E-state index in [0.717, 1.165) is 36.6 Å². The highest BCUT2D eigenvalue weighted by atomic mass is 79.9. The number of anilines is 1. The van der Waals surface area contributed by atoms with Gasteiger partial charge >= 0.3 is 0 Å². The molecule has 3 aromatic rings. The lowest BCUT2D eigenvalue weighted by Crippen LogP contribution is -2.36. The van der Waals surface area contributed by atoms with Crippen molar-refractivity contribution in [2.45, 2.75) is 0 Å². The fourth-order valence-electron chi connectivity index (χ4n) is 3.16. The Bertz CT molecular complexity index is 805. The molecule has 0 saturated carbocycles. The molecule has 1 aliphatic heterocycles. The fraction of sp³-hybridized carbons (Fsp3) is 0.200. The molecule has 24 heavy (non-hydrogen) atoms. The summed E-state index contributed by atoms with van der Waals surface area (Å²) in [5, 5.41) is 0. The number of H-pyrrole nitrogens is 1. The van der Waals surface area contributed by atoms with Gasteiger partial charge in [-0.2, -0.15) is 0 Å². The third-order valence-corrected chi connectivity index (χ3v) is 4.83. The van der Waals surface area contributed by atoms with Crippen molar-refractivity contribution in [2.24, 2.45) is 0 Å². The topological polar surface area (TPSA) is 28.3 Å². The Morgan fingerprint density at radius 2 is 1.58 bits per heavy atom. The van der Waals surface area contributed by atoms with E-state index in [9.17, 15) is 0 Å². The molecule has 0 bridgehead atoms. The molecule has 4 rings (SSSR count). The molecular weight excluding hydrogens is 364 g/mol. The average Bonchev–Trinajstić information content (AvgIpc) is 3.05. The molecule has 0 aliphatic carbocycles. The van der Waals surface area contributed by atoms with E-state index in [1.54, 1.807) is 0 Å². The molecule has 0 amide bonds. The second-order valence-corrected chi connectivity index (χ2v) is 6.77. The van der Waals surface area contributed by atoms with Crippen LogP contribution in [0, 0.1) is 0 Å². The van der Waals surface area contributed by atoms with E-state index in [0.29, 0.717) is 0 Å². The summed E-state index contributed by atoms with van der Waals surface area (Å²) in [5.74, 6) is 0. The van der Waals surface area contributed by atoms with Crippen LogP contribution in [-0.2, 0) is 4.74 Å². The number of nitrogens with one attached hydrogen (secondary N) is 1. The molecule has 3 nitrogen and oxygen atoms in total. The zero-order valence-electron chi connectivity index (χ0n) is 13.3. The summed E-state index contributed by atoms with van der Waals surface area (Å²) in [6, 6.07) is 21.4. The molecule has 1 aliphatic rings. The Morgan fingerprint density at radius 1 is 0.875 bits per heavy atom. The van der Waals surface area contributed by atoms with E-state index >= 15 is 0 Å². The number of hydrogen-bond donors (Lipinski definition) is 1. The molecule has 4 heteroatoms. The summed E-state index contributed by atoms with van der Waals surface area (Å²) in [7, 11) is 0. The van der Waals surface area contributed by atoms with Crippen LogP contribution in [0.4, 0.5) is 5.69 Å². The van der Waals surface area contributed by atoms with E-state index in [4.69, 9.17) is 4.74 Å². The predicted octanol–water partition coefficient (Wildman–Crippen LogP) is 4.95. The number of hydrogen-bond acceptors (Lipinski definition) is 2. The zero-order chi connectivity index (χ0) is 16.4. The van der Waals surface area contributed by atoms with Crippen LogP contribution in [0.15, 0.2) is 65.3 Å². The van der Waals surface area contributed by atoms with Crippen molar-refractivity contribution in [3.63, 3.8) is 0 Å². The van der Waals surface area contributed by atoms with Crippen LogP contribution in [0.25, 0.3) is 22.4 Å². The summed E-state index contributed by atoms with van der Waals surface area (Å²) in [4.78, 5) is 5.80. The van der Waals surface area contributed by atoms with Crippen molar-refractivity contribution in [3.8, 4) is 22.4 Å². The number of ether oxygens (including phenoxy) is 1. The molecule has 122 valence electrons. The molecular formula is C20H19BrN2O. The van der Waals surface area contributed by atoms with Crippen LogP contribution in [0.5, 0.6) is 0 Å². The Hall–Kier alpha value is -2.04. The molecule has 1 fully saturated rings. The Kier molecular flexibility index (Phi) is 4.41. The summed E-state index contributed by atoms with van der Waals surface area (Å²) >= 11 is 3.58. The minimum atomic E-state index is 0.810. The van der Waals surface area contributed by atoms with E-state index < -0.39 is 0 Å². The number of aromatic nitrogens is 1.